The number of ether oxygens (including phenoxy) is 2. The van der Waals surface area contributed by atoms with Gasteiger partial charge in [-0.3, -0.25) is 9.13 Å². The van der Waals surface area contributed by atoms with Crippen LogP contribution in [0.3, 0.4) is 0 Å². The number of hydrogen-bond donors (Lipinski definition) is 5. The van der Waals surface area contributed by atoms with E-state index in [1.807, 2.05) is 18.2 Å². The summed E-state index contributed by atoms with van der Waals surface area (Å²) in [4.78, 5) is 32.5. The predicted molar refractivity (Wildman–Crippen MR) is 115 cm³/mol. The number of benzene rings is 1. The highest BCUT2D eigenvalue weighted by Gasteiger charge is 2.44. The van der Waals surface area contributed by atoms with Crippen molar-refractivity contribution in [3.05, 3.63) is 42.5 Å². The van der Waals surface area contributed by atoms with Crippen molar-refractivity contribution in [3.63, 3.8) is 0 Å². The summed E-state index contributed by atoms with van der Waals surface area (Å²) in [7, 11) is -2.58. The van der Waals surface area contributed by atoms with Gasteiger partial charge >= 0.3 is 7.60 Å². The highest BCUT2D eigenvalue weighted by molar-refractivity contribution is 7.51. The van der Waals surface area contributed by atoms with Gasteiger partial charge in [0.05, 0.1) is 19.5 Å². The average molecular weight is 481 g/mol. The lowest BCUT2D eigenvalue weighted by atomic mass is 10.1. The Kier molecular flexibility index (Phi) is 6.75. The van der Waals surface area contributed by atoms with E-state index in [2.05, 4.69) is 15.0 Å². The van der Waals surface area contributed by atoms with Crippen LogP contribution >= 0.6 is 7.60 Å². The van der Waals surface area contributed by atoms with Crippen molar-refractivity contribution in [3.8, 4) is 0 Å². The van der Waals surface area contributed by atoms with E-state index in [1.54, 1.807) is 18.0 Å². The van der Waals surface area contributed by atoms with Crippen LogP contribution in [0.15, 0.2) is 36.9 Å². The van der Waals surface area contributed by atoms with E-state index in [1.165, 1.54) is 17.2 Å². The first-order chi connectivity index (χ1) is 15.7. The third-order valence-corrected chi connectivity index (χ3v) is 5.81. The zero-order valence-electron chi connectivity index (χ0n) is 17.5. The Morgan fingerprint density at radius 3 is 2.73 bits per heavy atom. The van der Waals surface area contributed by atoms with Crippen LogP contribution in [0.1, 0.15) is 11.8 Å². The van der Waals surface area contributed by atoms with E-state index in [0.29, 0.717) is 17.0 Å². The minimum absolute atomic E-state index is 0.103. The fourth-order valence-electron chi connectivity index (χ4n) is 3.64. The summed E-state index contributed by atoms with van der Waals surface area (Å²) < 4.78 is 23.1. The fraction of sp³-hybridized carbons (Fsp3) is 0.421. The van der Waals surface area contributed by atoms with Gasteiger partial charge in [0.2, 0.25) is 0 Å². The summed E-state index contributed by atoms with van der Waals surface area (Å²) in [5.41, 5.74) is 2.27. The van der Waals surface area contributed by atoms with Gasteiger partial charge in [-0.05, 0) is 17.7 Å². The molecule has 0 bridgehead atoms. The molecule has 4 rings (SSSR count). The van der Waals surface area contributed by atoms with Crippen LogP contribution < -0.4 is 4.90 Å². The summed E-state index contributed by atoms with van der Waals surface area (Å²) in [5.74, 6) is 0.475. The van der Waals surface area contributed by atoms with Crippen LogP contribution in [0.2, 0.25) is 0 Å². The number of aliphatic hydroxyl groups is 3. The number of nitrogens with zero attached hydrogens (tertiary/aromatic N) is 5. The van der Waals surface area contributed by atoms with E-state index < -0.39 is 38.5 Å². The molecule has 1 fully saturated rings. The van der Waals surface area contributed by atoms with E-state index >= 15 is 0 Å². The Balaban J connectivity index is 1.59. The van der Waals surface area contributed by atoms with E-state index in [0.717, 1.165) is 11.3 Å². The average Bonchev–Trinajstić information content (AvgIpc) is 3.34. The molecule has 0 unspecified atom stereocenters. The van der Waals surface area contributed by atoms with Gasteiger partial charge in [-0.2, -0.15) is 0 Å². The lowest BCUT2D eigenvalue weighted by Gasteiger charge is -2.20. The molecule has 4 atom stereocenters. The standard InChI is InChI=1S/C19H24N5O8P/c1-23(12-4-2-3-11(5-12)6-25)17-14-18(21-8-20-17)24(9-22-14)19-16(27)15(26)13(32-19)7-31-10-33(28,29)30/h2-5,8-9,13,15-16,19,25-27H,6-7,10H2,1H3,(H2,28,29,30)/t13-,15-,16-,19-/m1/s1. The Morgan fingerprint density at radius 1 is 1.21 bits per heavy atom. The molecule has 14 heteroatoms. The zero-order valence-corrected chi connectivity index (χ0v) is 18.4. The van der Waals surface area contributed by atoms with Crippen molar-refractivity contribution < 1.29 is 39.1 Å². The molecule has 1 saturated heterocycles. The number of fused-ring (bicyclic) bond motifs is 1. The maximum absolute atomic E-state index is 10.9. The second kappa shape index (κ2) is 9.41. The molecular formula is C19H24N5O8P. The van der Waals surface area contributed by atoms with Crippen molar-refractivity contribution in [2.24, 2.45) is 0 Å². The monoisotopic (exact) mass is 481 g/mol. The molecule has 13 nitrogen and oxygen atoms in total. The van der Waals surface area contributed by atoms with E-state index in [4.69, 9.17) is 19.3 Å². The number of anilines is 2. The van der Waals surface area contributed by atoms with Crippen LogP contribution in [0.5, 0.6) is 0 Å². The molecule has 3 aromatic rings. The molecule has 33 heavy (non-hydrogen) atoms. The van der Waals surface area contributed by atoms with Crippen molar-refractivity contribution in [1.82, 2.24) is 19.5 Å². The maximum Gasteiger partial charge on any atom is 0.350 e. The molecule has 3 heterocycles. The normalized spacial score (nSPS) is 23.3. The van der Waals surface area contributed by atoms with E-state index in [-0.39, 0.29) is 13.2 Å². The molecule has 0 aliphatic carbocycles. The lowest BCUT2D eigenvalue weighted by Crippen LogP contribution is -2.33. The SMILES string of the molecule is CN(c1cccc(CO)c1)c1ncnc2c1ncn2[C@@H]1O[C@H](COCP(=O)(O)O)[C@@H](O)[C@H]1O. The largest absolute Gasteiger partial charge is 0.392 e. The molecule has 0 radical (unpaired) electrons. The summed E-state index contributed by atoms with van der Waals surface area (Å²) in [6.07, 6.45) is -2.87. The van der Waals surface area contributed by atoms with Crippen LogP contribution in [-0.4, -0.2) is 82.9 Å². The zero-order chi connectivity index (χ0) is 23.8. The highest BCUT2D eigenvalue weighted by atomic mass is 31.2. The van der Waals surface area contributed by atoms with Crippen molar-refractivity contribution in [2.45, 2.75) is 31.1 Å². The van der Waals surface area contributed by atoms with Gasteiger partial charge in [0.25, 0.3) is 0 Å². The van der Waals surface area contributed by atoms with Gasteiger partial charge in [-0.15, -0.1) is 0 Å². The first-order valence-electron chi connectivity index (χ1n) is 9.94. The molecule has 0 saturated carbocycles. The fourth-order valence-corrected chi connectivity index (χ4v) is 3.98. The van der Waals surface area contributed by atoms with Gasteiger partial charge in [0.1, 0.15) is 31.0 Å². The first kappa shape index (κ1) is 23.7. The second-order valence-electron chi connectivity index (χ2n) is 7.62. The molecule has 1 aromatic carbocycles. The van der Waals surface area contributed by atoms with Crippen LogP contribution in [-0.2, 0) is 20.6 Å². The molecule has 178 valence electrons. The lowest BCUT2D eigenvalue weighted by molar-refractivity contribution is -0.0612. The van der Waals surface area contributed by atoms with Crippen molar-refractivity contribution >= 4 is 30.3 Å². The molecule has 1 aliphatic rings. The molecular weight excluding hydrogens is 457 g/mol. The number of hydrogen-bond acceptors (Lipinski definition) is 10. The highest BCUT2D eigenvalue weighted by Crippen LogP contribution is 2.36. The van der Waals surface area contributed by atoms with Gasteiger partial charge in [0, 0.05) is 12.7 Å². The van der Waals surface area contributed by atoms with Crippen LogP contribution in [0, 0.1) is 0 Å². The third-order valence-electron chi connectivity index (χ3n) is 5.29. The molecule has 1 aliphatic heterocycles. The number of rotatable bonds is 8. The number of aromatic nitrogens is 4. The molecule has 0 spiro atoms. The molecule has 5 N–H and O–H groups in total. The number of aliphatic hydroxyl groups excluding tert-OH is 3. The third kappa shape index (κ3) is 4.90. The van der Waals surface area contributed by atoms with Crippen LogP contribution in [0.4, 0.5) is 11.5 Å². The summed E-state index contributed by atoms with van der Waals surface area (Å²) in [6, 6.07) is 7.28. The predicted octanol–water partition coefficient (Wildman–Crippen LogP) is -0.143. The summed E-state index contributed by atoms with van der Waals surface area (Å²) >= 11 is 0. The van der Waals surface area contributed by atoms with Gasteiger partial charge < -0.3 is 39.5 Å². The maximum atomic E-state index is 10.9. The van der Waals surface area contributed by atoms with Gasteiger partial charge in [-0.1, -0.05) is 12.1 Å². The molecule has 0 amide bonds. The van der Waals surface area contributed by atoms with Crippen molar-refractivity contribution in [1.29, 1.82) is 0 Å². The topological polar surface area (TPSA) is 184 Å². The Hall–Kier alpha value is -2.48. The Labute approximate surface area is 188 Å². The summed E-state index contributed by atoms with van der Waals surface area (Å²) in [5, 5.41) is 30.3. The molecule has 2 aromatic heterocycles. The minimum Gasteiger partial charge on any atom is -0.392 e. The summed E-state index contributed by atoms with van der Waals surface area (Å²) in [6.45, 7) is -0.426. The second-order valence-corrected chi connectivity index (χ2v) is 9.21. The minimum atomic E-state index is -4.37. The first-order valence-corrected chi connectivity index (χ1v) is 11.7. The van der Waals surface area contributed by atoms with E-state index in [9.17, 15) is 19.9 Å². The van der Waals surface area contributed by atoms with Gasteiger partial charge in [0.15, 0.2) is 23.2 Å². The smallest absolute Gasteiger partial charge is 0.350 e. The van der Waals surface area contributed by atoms with Crippen LogP contribution in [0.25, 0.3) is 11.2 Å². The van der Waals surface area contributed by atoms with Crippen molar-refractivity contribution in [2.75, 3.05) is 24.9 Å². The Bertz CT molecular complexity index is 1170. The quantitative estimate of drug-likeness (QED) is 0.269. The Morgan fingerprint density at radius 2 is 2.00 bits per heavy atom. The number of imidazole rings is 1. The van der Waals surface area contributed by atoms with Gasteiger partial charge in [-0.25, -0.2) is 15.0 Å².